The van der Waals surface area contributed by atoms with Crippen LogP contribution in [0.4, 0.5) is 9.59 Å². The Balaban J connectivity index is 3.82. The maximum atomic E-state index is 10.7. The summed E-state index contributed by atoms with van der Waals surface area (Å²) in [6, 6.07) is -0.791. The lowest BCUT2D eigenvalue weighted by Gasteiger charge is -2.11. The molecule has 0 aromatic carbocycles. The molecule has 0 radical (unpaired) electrons. The van der Waals surface area contributed by atoms with Crippen LogP contribution in [0.1, 0.15) is 0 Å². The van der Waals surface area contributed by atoms with Crippen molar-refractivity contribution in [3.63, 3.8) is 0 Å². The van der Waals surface area contributed by atoms with E-state index in [2.05, 4.69) is 19.4 Å². The van der Waals surface area contributed by atoms with E-state index in [1.807, 2.05) is 0 Å². The number of thiol groups is 1. The zero-order chi connectivity index (χ0) is 8.85. The Hall–Kier alpha value is -1.17. The quantitative estimate of drug-likeness (QED) is 0.428. The van der Waals surface area contributed by atoms with Gasteiger partial charge in [0, 0.05) is 0 Å². The summed E-state index contributed by atoms with van der Waals surface area (Å²) in [7, 11) is 0. The number of carbonyl (C=O) groups excluding carboxylic acids is 1. The number of urea groups is 1. The third kappa shape index (κ3) is 4.26. The lowest BCUT2D eigenvalue weighted by molar-refractivity contribution is 0.188. The van der Waals surface area contributed by atoms with Crippen molar-refractivity contribution in [2.45, 2.75) is 0 Å². The van der Waals surface area contributed by atoms with Crippen LogP contribution in [0.5, 0.6) is 0 Å². The Bertz CT molecular complexity index is 183. The molecule has 0 aromatic heterocycles. The zero-order valence-corrected chi connectivity index (χ0v) is 6.54. The molecule has 0 aromatic rings. The van der Waals surface area contributed by atoms with Gasteiger partial charge in [0.25, 0.3) is 0 Å². The Morgan fingerprint density at radius 3 is 2.64 bits per heavy atom. The molecule has 0 bridgehead atoms. The Kier molecular flexibility index (Phi) is 4.12. The number of carbonyl (C=O) groups is 2. The van der Waals surface area contributed by atoms with Crippen LogP contribution in [-0.4, -0.2) is 28.1 Å². The summed E-state index contributed by atoms with van der Waals surface area (Å²) in [6.07, 6.45) is 0.0205. The van der Waals surface area contributed by atoms with Crippen molar-refractivity contribution >= 4 is 24.9 Å². The molecule has 0 heterocycles. The molecular formula is C5H8N2O3S. The molecule has 6 heteroatoms. The van der Waals surface area contributed by atoms with E-state index in [0.29, 0.717) is 0 Å². The van der Waals surface area contributed by atoms with Crippen LogP contribution >= 0.6 is 12.8 Å². The minimum Gasteiger partial charge on any atom is -0.465 e. The second-order valence-corrected chi connectivity index (χ2v) is 2.09. The Labute approximate surface area is 69.2 Å². The molecule has 0 aliphatic heterocycles. The fourth-order valence-corrected chi connectivity index (χ4v) is 0.527. The summed E-state index contributed by atoms with van der Waals surface area (Å²) in [5.41, 5.74) is 0. The molecular weight excluding hydrogens is 168 g/mol. The number of hydrogen-bond donors (Lipinski definition) is 3. The third-order valence-electron chi connectivity index (χ3n) is 0.750. The predicted molar refractivity (Wildman–Crippen MR) is 42.4 cm³/mol. The topological polar surface area (TPSA) is 69.6 Å². The maximum absolute atomic E-state index is 10.7. The normalized spacial score (nSPS) is 8.45. The molecule has 0 spiro atoms. The molecule has 62 valence electrons. The molecule has 0 fully saturated rings. The van der Waals surface area contributed by atoms with Crippen molar-refractivity contribution in [2.24, 2.45) is 0 Å². The minimum absolute atomic E-state index is 0.183. The highest BCUT2D eigenvalue weighted by Crippen LogP contribution is 1.92. The zero-order valence-electron chi connectivity index (χ0n) is 5.65. The van der Waals surface area contributed by atoms with Gasteiger partial charge in [0.2, 0.25) is 0 Å². The highest BCUT2D eigenvalue weighted by molar-refractivity contribution is 7.78. The van der Waals surface area contributed by atoms with E-state index in [0.717, 1.165) is 4.31 Å². The first-order valence-corrected chi connectivity index (χ1v) is 3.09. The summed E-state index contributed by atoms with van der Waals surface area (Å²) < 4.78 is 0.890. The smallest absolute Gasteiger partial charge is 0.412 e. The first-order chi connectivity index (χ1) is 5.07. The molecule has 3 amide bonds. The molecule has 0 aliphatic rings. The van der Waals surface area contributed by atoms with Gasteiger partial charge in [0.15, 0.2) is 0 Å². The molecule has 0 unspecified atom stereocenters. The molecule has 0 saturated heterocycles. The van der Waals surface area contributed by atoms with E-state index >= 15 is 0 Å². The molecule has 0 rings (SSSR count). The van der Waals surface area contributed by atoms with Crippen molar-refractivity contribution in [1.29, 1.82) is 0 Å². The van der Waals surface area contributed by atoms with Crippen molar-refractivity contribution in [2.75, 3.05) is 6.54 Å². The fourth-order valence-electron chi connectivity index (χ4n) is 0.361. The van der Waals surface area contributed by atoms with Crippen molar-refractivity contribution in [3.05, 3.63) is 12.7 Å². The number of nitrogens with zero attached hydrogens (tertiary/aromatic N) is 1. The van der Waals surface area contributed by atoms with Crippen LogP contribution in [0.25, 0.3) is 0 Å². The summed E-state index contributed by atoms with van der Waals surface area (Å²) in [4.78, 5) is 20.6. The number of rotatable bonds is 2. The van der Waals surface area contributed by atoms with Crippen molar-refractivity contribution in [3.8, 4) is 0 Å². The van der Waals surface area contributed by atoms with Gasteiger partial charge in [0.1, 0.15) is 0 Å². The van der Waals surface area contributed by atoms with E-state index in [-0.39, 0.29) is 6.54 Å². The lowest BCUT2D eigenvalue weighted by atomic mass is 10.6. The van der Waals surface area contributed by atoms with Gasteiger partial charge in [-0.25, -0.2) is 14.9 Å². The van der Waals surface area contributed by atoms with Gasteiger partial charge in [-0.1, -0.05) is 18.9 Å². The first kappa shape index (κ1) is 9.83. The summed E-state index contributed by atoms with van der Waals surface area (Å²) in [5, 5.41) is 9.69. The van der Waals surface area contributed by atoms with Crippen LogP contribution in [0, 0.1) is 0 Å². The summed E-state index contributed by atoms with van der Waals surface area (Å²) >= 11 is 3.67. The van der Waals surface area contributed by atoms with Gasteiger partial charge in [-0.2, -0.15) is 0 Å². The number of nitrogens with one attached hydrogen (secondary N) is 1. The van der Waals surface area contributed by atoms with E-state index < -0.39 is 12.1 Å². The van der Waals surface area contributed by atoms with Gasteiger partial charge in [-0.3, -0.25) is 4.31 Å². The van der Waals surface area contributed by atoms with E-state index in [1.165, 1.54) is 6.08 Å². The predicted octanol–water partition coefficient (Wildman–Crippen LogP) is 0.707. The van der Waals surface area contributed by atoms with Gasteiger partial charge >= 0.3 is 12.1 Å². The van der Waals surface area contributed by atoms with E-state index in [4.69, 9.17) is 5.11 Å². The summed E-state index contributed by atoms with van der Waals surface area (Å²) in [5.74, 6) is 0. The minimum atomic E-state index is -1.40. The number of imide groups is 1. The standard InChI is InChI=1S/C5H8N2O3S/c1-2-3-7(11)4(8)6-5(9)10/h2,11H,1,3H2,(H,6,8)(H,9,10). The van der Waals surface area contributed by atoms with Crippen LogP contribution in [-0.2, 0) is 0 Å². The second kappa shape index (κ2) is 4.62. The number of carboxylic acid groups (broad SMARTS) is 1. The van der Waals surface area contributed by atoms with Crippen LogP contribution in [0.3, 0.4) is 0 Å². The average molecular weight is 176 g/mol. The van der Waals surface area contributed by atoms with Crippen molar-refractivity contribution < 1.29 is 14.7 Å². The molecule has 2 N–H and O–H groups in total. The molecule has 0 saturated carbocycles. The van der Waals surface area contributed by atoms with Gasteiger partial charge in [-0.15, -0.1) is 6.58 Å². The van der Waals surface area contributed by atoms with E-state index in [1.54, 1.807) is 5.32 Å². The average Bonchev–Trinajstić information content (AvgIpc) is 1.86. The summed E-state index contributed by atoms with van der Waals surface area (Å²) in [6.45, 7) is 3.53. The fraction of sp³-hybridized carbons (Fsp3) is 0.200. The first-order valence-electron chi connectivity index (χ1n) is 2.69. The van der Waals surface area contributed by atoms with Gasteiger partial charge < -0.3 is 5.11 Å². The molecule has 0 aliphatic carbocycles. The van der Waals surface area contributed by atoms with Crippen molar-refractivity contribution in [1.82, 2.24) is 9.62 Å². The van der Waals surface area contributed by atoms with Crippen LogP contribution < -0.4 is 5.32 Å². The molecule has 0 atom stereocenters. The second-order valence-electron chi connectivity index (χ2n) is 1.61. The van der Waals surface area contributed by atoms with E-state index in [9.17, 15) is 9.59 Å². The van der Waals surface area contributed by atoms with Gasteiger partial charge in [-0.05, 0) is 0 Å². The number of amides is 3. The highest BCUT2D eigenvalue weighted by Gasteiger charge is 2.09. The lowest BCUT2D eigenvalue weighted by Crippen LogP contribution is -2.37. The van der Waals surface area contributed by atoms with Crippen LogP contribution in [0.2, 0.25) is 0 Å². The highest BCUT2D eigenvalue weighted by atomic mass is 32.1. The number of hydrogen-bond acceptors (Lipinski definition) is 3. The SMILES string of the molecule is C=CCN(S)C(=O)NC(=O)O. The van der Waals surface area contributed by atoms with Gasteiger partial charge in [0.05, 0.1) is 6.54 Å². The molecule has 11 heavy (non-hydrogen) atoms. The molecule has 5 nitrogen and oxygen atoms in total. The Morgan fingerprint density at radius 2 is 2.27 bits per heavy atom. The van der Waals surface area contributed by atoms with Crippen LogP contribution in [0.15, 0.2) is 12.7 Å². The monoisotopic (exact) mass is 176 g/mol. The Morgan fingerprint density at radius 1 is 1.73 bits per heavy atom. The largest absolute Gasteiger partial charge is 0.465 e. The third-order valence-corrected chi connectivity index (χ3v) is 1.10. The maximum Gasteiger partial charge on any atom is 0.412 e.